The van der Waals surface area contributed by atoms with Crippen LogP contribution in [0.4, 0.5) is 0 Å². The zero-order chi connectivity index (χ0) is 17.3. The van der Waals surface area contributed by atoms with Crippen LogP contribution in [0.25, 0.3) is 0 Å². The molecular formula is C18H13NO5. The van der Waals surface area contributed by atoms with Crippen LogP contribution in [-0.4, -0.2) is 35.0 Å². The Hall–Kier alpha value is -3.28. The molecule has 0 aliphatic carbocycles. The van der Waals surface area contributed by atoms with Crippen molar-refractivity contribution >= 4 is 24.1 Å². The van der Waals surface area contributed by atoms with E-state index in [1.165, 1.54) is 19.1 Å². The average Bonchev–Trinajstić information content (AvgIpc) is 2.86. The van der Waals surface area contributed by atoms with Crippen molar-refractivity contribution in [2.24, 2.45) is 0 Å². The second-order valence-corrected chi connectivity index (χ2v) is 5.31. The number of esters is 1. The van der Waals surface area contributed by atoms with E-state index in [2.05, 4.69) is 0 Å². The highest BCUT2D eigenvalue weighted by Crippen LogP contribution is 2.25. The summed E-state index contributed by atoms with van der Waals surface area (Å²) in [5.74, 6) is -1.64. The van der Waals surface area contributed by atoms with E-state index in [0.717, 1.165) is 4.90 Å². The molecule has 3 rings (SSSR count). The Bertz CT molecular complexity index is 823. The van der Waals surface area contributed by atoms with E-state index in [0.29, 0.717) is 11.8 Å². The molecule has 0 bridgehead atoms. The minimum atomic E-state index is -1.09. The van der Waals surface area contributed by atoms with Crippen LogP contribution in [0.5, 0.6) is 5.75 Å². The van der Waals surface area contributed by atoms with E-state index in [-0.39, 0.29) is 16.9 Å². The molecule has 0 saturated carbocycles. The fraction of sp³-hybridized carbons (Fsp3) is 0.111. The summed E-state index contributed by atoms with van der Waals surface area (Å²) in [7, 11) is 0. The minimum absolute atomic E-state index is 0.174. The fourth-order valence-corrected chi connectivity index (χ4v) is 2.52. The molecule has 0 spiro atoms. The van der Waals surface area contributed by atoms with E-state index in [1.807, 2.05) is 0 Å². The Morgan fingerprint density at radius 2 is 1.67 bits per heavy atom. The van der Waals surface area contributed by atoms with Crippen molar-refractivity contribution in [2.75, 3.05) is 0 Å². The van der Waals surface area contributed by atoms with E-state index in [1.54, 1.807) is 36.4 Å². The van der Waals surface area contributed by atoms with Crippen LogP contribution in [0.2, 0.25) is 0 Å². The molecule has 0 N–H and O–H groups in total. The molecule has 24 heavy (non-hydrogen) atoms. The van der Waals surface area contributed by atoms with Gasteiger partial charge in [-0.3, -0.25) is 19.3 Å². The molecular weight excluding hydrogens is 310 g/mol. The van der Waals surface area contributed by atoms with Crippen molar-refractivity contribution in [1.82, 2.24) is 4.90 Å². The van der Waals surface area contributed by atoms with Crippen LogP contribution in [0.1, 0.15) is 38.0 Å². The molecule has 0 aromatic heterocycles. The molecule has 2 aromatic carbocycles. The Balaban J connectivity index is 1.80. The summed E-state index contributed by atoms with van der Waals surface area (Å²) in [4.78, 5) is 48.6. The van der Waals surface area contributed by atoms with Crippen LogP contribution in [-0.2, 0) is 4.79 Å². The number of nitrogens with zero attached hydrogens (tertiary/aromatic N) is 1. The molecule has 6 nitrogen and oxygen atoms in total. The van der Waals surface area contributed by atoms with Gasteiger partial charge < -0.3 is 4.74 Å². The number of fused-ring (bicyclic) bond motifs is 1. The quantitative estimate of drug-likeness (QED) is 0.372. The maximum absolute atomic E-state index is 12.4. The fourth-order valence-electron chi connectivity index (χ4n) is 2.52. The van der Waals surface area contributed by atoms with Gasteiger partial charge in [-0.25, -0.2) is 4.79 Å². The van der Waals surface area contributed by atoms with E-state index in [4.69, 9.17) is 4.74 Å². The molecule has 2 aromatic rings. The van der Waals surface area contributed by atoms with Gasteiger partial charge in [0.25, 0.3) is 11.8 Å². The van der Waals surface area contributed by atoms with Crippen molar-refractivity contribution in [2.45, 2.75) is 13.0 Å². The molecule has 0 radical (unpaired) electrons. The largest absolute Gasteiger partial charge is 0.425 e. The molecule has 1 heterocycles. The van der Waals surface area contributed by atoms with Crippen molar-refractivity contribution in [3.8, 4) is 5.75 Å². The van der Waals surface area contributed by atoms with Crippen LogP contribution in [0.3, 0.4) is 0 Å². The summed E-state index contributed by atoms with van der Waals surface area (Å²) in [5, 5.41) is 0. The topological polar surface area (TPSA) is 80.8 Å². The second kappa shape index (κ2) is 6.08. The molecule has 1 aliphatic rings. The van der Waals surface area contributed by atoms with Gasteiger partial charge in [-0.2, -0.15) is 0 Å². The van der Waals surface area contributed by atoms with Crippen LogP contribution < -0.4 is 4.74 Å². The maximum Gasteiger partial charge on any atom is 0.334 e. The number of amides is 2. The third-order valence-electron chi connectivity index (χ3n) is 3.77. The number of imide groups is 1. The number of aldehydes is 1. The number of hydrogen-bond acceptors (Lipinski definition) is 5. The van der Waals surface area contributed by atoms with Crippen LogP contribution in [0.15, 0.2) is 48.5 Å². The van der Waals surface area contributed by atoms with Gasteiger partial charge in [-0.15, -0.1) is 0 Å². The Kier molecular flexibility index (Phi) is 3.95. The Morgan fingerprint density at radius 1 is 1.04 bits per heavy atom. The van der Waals surface area contributed by atoms with Crippen molar-refractivity contribution < 1.29 is 23.9 Å². The molecule has 120 valence electrons. The standard InChI is InChI=1S/C18H13NO5/c1-11(18(23)24-13-6-4-5-12(9-13)10-20)19-16(21)14-7-2-3-8-15(14)17(19)22/h2-11H,1H3/t11-/m1/s1. The first-order valence-electron chi connectivity index (χ1n) is 7.27. The number of carbonyl (C=O) groups is 4. The Morgan fingerprint density at radius 3 is 2.25 bits per heavy atom. The molecule has 1 aliphatic heterocycles. The van der Waals surface area contributed by atoms with Crippen LogP contribution in [0, 0.1) is 0 Å². The SMILES string of the molecule is C[C@H](C(=O)Oc1cccc(C=O)c1)N1C(=O)c2ccccc2C1=O. The molecule has 2 amide bonds. The summed E-state index contributed by atoms with van der Waals surface area (Å²) in [6, 6.07) is 11.4. The highest BCUT2D eigenvalue weighted by atomic mass is 16.5. The van der Waals surface area contributed by atoms with Gasteiger partial charge in [0.1, 0.15) is 18.1 Å². The average molecular weight is 323 g/mol. The van der Waals surface area contributed by atoms with E-state index >= 15 is 0 Å². The molecule has 0 saturated heterocycles. The van der Waals surface area contributed by atoms with Gasteiger partial charge >= 0.3 is 5.97 Å². The first-order valence-corrected chi connectivity index (χ1v) is 7.27. The summed E-state index contributed by atoms with van der Waals surface area (Å²) < 4.78 is 5.18. The van der Waals surface area contributed by atoms with Crippen molar-refractivity contribution in [3.63, 3.8) is 0 Å². The minimum Gasteiger partial charge on any atom is -0.425 e. The molecule has 0 unspecified atom stereocenters. The van der Waals surface area contributed by atoms with Gasteiger partial charge in [-0.1, -0.05) is 24.3 Å². The summed E-state index contributed by atoms with van der Waals surface area (Å²) in [6.07, 6.45) is 0.630. The molecule has 6 heteroatoms. The molecule has 0 fully saturated rings. The normalized spacial score (nSPS) is 14.3. The lowest BCUT2D eigenvalue weighted by molar-refractivity contribution is -0.138. The maximum atomic E-state index is 12.4. The third kappa shape index (κ3) is 2.58. The van der Waals surface area contributed by atoms with Gasteiger partial charge in [0.15, 0.2) is 0 Å². The molecule has 1 atom stereocenters. The predicted molar refractivity (Wildman–Crippen MR) is 83.9 cm³/mol. The number of ether oxygens (including phenoxy) is 1. The zero-order valence-electron chi connectivity index (χ0n) is 12.8. The number of hydrogen-bond donors (Lipinski definition) is 0. The Labute approximate surface area is 137 Å². The lowest BCUT2D eigenvalue weighted by Crippen LogP contribution is -2.44. The van der Waals surface area contributed by atoms with Gasteiger partial charge in [0.2, 0.25) is 0 Å². The van der Waals surface area contributed by atoms with E-state index in [9.17, 15) is 19.2 Å². The van der Waals surface area contributed by atoms with Gasteiger partial charge in [-0.05, 0) is 31.2 Å². The number of benzene rings is 2. The van der Waals surface area contributed by atoms with Crippen molar-refractivity contribution in [1.29, 1.82) is 0 Å². The first-order chi connectivity index (χ1) is 11.5. The monoisotopic (exact) mass is 323 g/mol. The zero-order valence-corrected chi connectivity index (χ0v) is 12.8. The first kappa shape index (κ1) is 15.6. The van der Waals surface area contributed by atoms with Gasteiger partial charge in [0, 0.05) is 5.56 Å². The summed E-state index contributed by atoms with van der Waals surface area (Å²) in [6.45, 7) is 1.42. The van der Waals surface area contributed by atoms with E-state index < -0.39 is 23.8 Å². The smallest absolute Gasteiger partial charge is 0.334 e. The highest BCUT2D eigenvalue weighted by Gasteiger charge is 2.41. The summed E-state index contributed by atoms with van der Waals surface area (Å²) in [5.41, 5.74) is 0.892. The van der Waals surface area contributed by atoms with Crippen LogP contribution >= 0.6 is 0 Å². The second-order valence-electron chi connectivity index (χ2n) is 5.31. The highest BCUT2D eigenvalue weighted by molar-refractivity contribution is 6.22. The lowest BCUT2D eigenvalue weighted by atomic mass is 10.1. The van der Waals surface area contributed by atoms with Crippen molar-refractivity contribution in [3.05, 3.63) is 65.2 Å². The lowest BCUT2D eigenvalue weighted by Gasteiger charge is -2.20. The number of carbonyl (C=O) groups excluding carboxylic acids is 4. The third-order valence-corrected chi connectivity index (χ3v) is 3.77. The van der Waals surface area contributed by atoms with Gasteiger partial charge in [0.05, 0.1) is 11.1 Å². The number of rotatable bonds is 4. The summed E-state index contributed by atoms with van der Waals surface area (Å²) >= 11 is 0. The predicted octanol–water partition coefficient (Wildman–Crippen LogP) is 2.09.